The van der Waals surface area contributed by atoms with E-state index in [1.807, 2.05) is 13.0 Å². The van der Waals surface area contributed by atoms with E-state index in [4.69, 9.17) is 45.8 Å². The highest BCUT2D eigenvalue weighted by atomic mass is 35.5. The number of fused-ring (bicyclic) bond motifs is 5. The van der Waals surface area contributed by atoms with E-state index in [0.717, 1.165) is 20.9 Å². The molecule has 2 aromatic carbocycles. The molecule has 4 aliphatic rings. The molecular weight excluding hydrogens is 1240 g/mol. The van der Waals surface area contributed by atoms with Gasteiger partial charge in [0, 0.05) is 90.9 Å². The van der Waals surface area contributed by atoms with Crippen LogP contribution in [0.2, 0.25) is 5.02 Å². The maximum absolute atomic E-state index is 14.5. The van der Waals surface area contributed by atoms with Crippen molar-refractivity contribution < 1.29 is 86.3 Å². The number of alkyl carbamates (subject to hydrolysis) is 1. The monoisotopic (exact) mass is 1330 g/mol. The molecule has 4 bridgehead atoms. The fourth-order valence-electron chi connectivity index (χ4n) is 11.1. The molecule has 0 radical (unpaired) electrons. The third-order valence-corrected chi connectivity index (χ3v) is 17.5. The van der Waals surface area contributed by atoms with Gasteiger partial charge >= 0.3 is 24.2 Å². The highest BCUT2D eigenvalue weighted by Crippen LogP contribution is 2.49. The van der Waals surface area contributed by atoms with Crippen molar-refractivity contribution in [3.8, 4) is 5.75 Å². The number of esters is 1. The number of methoxy groups -OCH3 is 2. The van der Waals surface area contributed by atoms with E-state index in [9.17, 15) is 57.8 Å². The molecule has 514 valence electrons. The predicted octanol–water partition coefficient (Wildman–Crippen LogP) is 4.67. The molecule has 2 aromatic rings. The minimum absolute atomic E-state index is 0.0780. The summed E-state index contributed by atoms with van der Waals surface area (Å²) < 4.78 is 35.0. The topological polar surface area (TPSA) is 366 Å². The number of carbonyl (C=O) groups is 11. The van der Waals surface area contributed by atoms with Crippen molar-refractivity contribution >= 4 is 88.5 Å². The van der Waals surface area contributed by atoms with E-state index in [-0.39, 0.29) is 81.1 Å². The first kappa shape index (κ1) is 74.4. The zero-order valence-electron chi connectivity index (χ0n) is 55.1. The summed E-state index contributed by atoms with van der Waals surface area (Å²) in [4.78, 5) is 149. The Morgan fingerprint density at radius 1 is 0.936 bits per heavy atom. The van der Waals surface area contributed by atoms with Crippen molar-refractivity contribution in [1.29, 1.82) is 0 Å². The Morgan fingerprint density at radius 3 is 2.28 bits per heavy atom. The first-order valence-corrected chi connectivity index (χ1v) is 31.6. The van der Waals surface area contributed by atoms with Gasteiger partial charge in [0.2, 0.25) is 29.5 Å². The lowest BCUT2D eigenvalue weighted by Crippen LogP contribution is -2.63. The largest absolute Gasteiger partial charge is 0.495 e. The first-order chi connectivity index (χ1) is 44.4. The Morgan fingerprint density at radius 2 is 1.63 bits per heavy atom. The zero-order valence-corrected chi connectivity index (χ0v) is 55.8. The summed E-state index contributed by atoms with van der Waals surface area (Å²) in [5, 5.41) is 25.3. The zero-order chi connectivity index (χ0) is 69.4. The Labute approximate surface area is 551 Å². The number of aliphatic hydroxyl groups is 1. The standard InChI is InChI=1S/C65H89ClN10O18/c1-37(2)56(71-50(77)20-13-12-14-29-76-52(79)25-26-53(76)80)59(83)70-44(18-16-28-68-61(67)85)58(82)69-43-23-21-41(22-24-43)36-91-63(87)73(7)30-27-51(78)74(8)40(5)60(84)93-49-34-54(81)75(9)45-32-42(33-46(89-10)55(45)66)31-38(3)17-15-19-48(90-11)65(88)35-47(92-62(86)72-65)39(4)57-64(49,6)94-57/h15,17,19,21-26,32-33,37,39-40,44,47-49,56-57,88H,12-14,16,18,20,27-31,34-36H2,1-11H3,(H,69,82)(H,70,83)(H,71,77)(H,72,86)(H3,67,68,85)/b19-15+,38-17+/t39-,40+,44-,47+,48-,49+,56-,57+,64+,65-/m1/s1. The van der Waals surface area contributed by atoms with Gasteiger partial charge in [-0.1, -0.05) is 74.7 Å². The van der Waals surface area contributed by atoms with Crippen molar-refractivity contribution in [3.63, 3.8) is 0 Å². The van der Waals surface area contributed by atoms with E-state index in [0.29, 0.717) is 48.4 Å². The number of nitrogens with zero attached hydrogens (tertiary/aromatic N) is 4. The van der Waals surface area contributed by atoms with E-state index in [1.165, 1.54) is 64.2 Å². The predicted molar refractivity (Wildman–Crippen MR) is 343 cm³/mol. The summed E-state index contributed by atoms with van der Waals surface area (Å²) in [6.07, 6.45) is 3.34. The summed E-state index contributed by atoms with van der Waals surface area (Å²) >= 11 is 6.84. The molecule has 0 aromatic heterocycles. The van der Waals surface area contributed by atoms with Crippen LogP contribution < -0.4 is 42.0 Å². The summed E-state index contributed by atoms with van der Waals surface area (Å²) in [5.41, 5.74) is 4.74. The summed E-state index contributed by atoms with van der Waals surface area (Å²) in [7, 11) is 7.19. The number of unbranched alkanes of at least 4 members (excludes halogenated alkanes) is 2. The molecular formula is C65H89ClN10O18. The number of amides is 11. The average molecular weight is 1330 g/mol. The smallest absolute Gasteiger partial charge is 0.409 e. The quantitative estimate of drug-likeness (QED) is 0.0221. The van der Waals surface area contributed by atoms with Gasteiger partial charge in [-0.25, -0.2) is 19.2 Å². The molecule has 2 fully saturated rings. The highest BCUT2D eigenvalue weighted by Gasteiger charge is 2.64. The van der Waals surface area contributed by atoms with E-state index < -0.39 is 120 Å². The van der Waals surface area contributed by atoms with Gasteiger partial charge < -0.3 is 75.2 Å². The van der Waals surface area contributed by atoms with Crippen molar-refractivity contribution in [2.75, 3.05) is 65.2 Å². The number of primary amides is 1. The minimum Gasteiger partial charge on any atom is -0.495 e. The molecule has 0 unspecified atom stereocenters. The Hall–Kier alpha value is -8.60. The second-order valence-electron chi connectivity index (χ2n) is 24.6. The van der Waals surface area contributed by atoms with E-state index in [2.05, 4.69) is 26.6 Å². The molecule has 0 spiro atoms. The lowest BCUT2D eigenvalue weighted by atomic mass is 9.83. The number of likely N-dealkylation sites (N-methyl/N-ethyl adjacent to an activating group) is 1. The van der Waals surface area contributed by atoms with Gasteiger partial charge in [-0.15, -0.1) is 0 Å². The maximum Gasteiger partial charge on any atom is 0.409 e. The first-order valence-electron chi connectivity index (χ1n) is 31.2. The average Bonchev–Trinajstić information content (AvgIpc) is 1.58. The van der Waals surface area contributed by atoms with Crippen LogP contribution >= 0.6 is 11.6 Å². The molecule has 10 atom stereocenters. The molecule has 28 nitrogen and oxygen atoms in total. The van der Waals surface area contributed by atoms with Gasteiger partial charge in [0.05, 0.1) is 25.3 Å². The molecule has 11 amide bonds. The van der Waals surface area contributed by atoms with Crippen LogP contribution in [-0.2, 0) is 75.1 Å². The number of allylic oxidation sites excluding steroid dienone is 3. The van der Waals surface area contributed by atoms with Crippen LogP contribution in [0.5, 0.6) is 5.75 Å². The molecule has 29 heteroatoms. The number of halogens is 1. The van der Waals surface area contributed by atoms with E-state index >= 15 is 0 Å². The Bertz CT molecular complexity index is 3220. The molecule has 4 heterocycles. The minimum atomic E-state index is -1.91. The van der Waals surface area contributed by atoms with Crippen LogP contribution in [0.15, 0.2) is 72.4 Å². The van der Waals surface area contributed by atoms with Crippen molar-refractivity contribution in [2.24, 2.45) is 17.6 Å². The fourth-order valence-corrected chi connectivity index (χ4v) is 11.4. The fraction of sp³-hybridized carbons (Fsp3) is 0.554. The van der Waals surface area contributed by atoms with Gasteiger partial charge in [-0.05, 0) is 94.2 Å². The van der Waals surface area contributed by atoms with E-state index in [1.54, 1.807) is 76.2 Å². The summed E-state index contributed by atoms with van der Waals surface area (Å²) in [6, 6.07) is 5.70. The van der Waals surface area contributed by atoms with Gasteiger partial charge in [-0.3, -0.25) is 43.8 Å². The molecule has 8 N–H and O–H groups in total. The number of anilines is 2. The van der Waals surface area contributed by atoms with Crippen LogP contribution in [0, 0.1) is 11.8 Å². The molecule has 2 saturated heterocycles. The molecule has 6 rings (SSSR count). The number of carbonyl (C=O) groups excluding carboxylic acids is 11. The van der Waals surface area contributed by atoms with Crippen molar-refractivity contribution in [2.45, 2.75) is 166 Å². The molecule has 94 heavy (non-hydrogen) atoms. The number of epoxide rings is 1. The molecule has 0 aliphatic carbocycles. The third-order valence-electron chi connectivity index (χ3n) is 17.1. The normalized spacial score (nSPS) is 23.8. The third kappa shape index (κ3) is 20.0. The SMILES string of the molecule is COc1cc2cc(c1Cl)N(C)C(=O)C[C@H](OC(=O)[C@H](C)N(C)C(=O)CCN(C)C(=O)OCc1ccc(NC(=O)[C@@H](CCCNC(N)=O)NC(=O)[C@H](NC(=O)CCCCCN3C(=O)C=CC3=O)C(C)C)cc1)[C@]1(C)O[C@H]1[C@H](C)[C@@H]1C[C@](O)(NC(=O)O1)[C@H](OC)/C=C/C=C(\C)C2. The Kier molecular flexibility index (Phi) is 26.5. The number of rotatable bonds is 26. The number of hydrogen-bond donors (Lipinski definition) is 7. The Balaban J connectivity index is 1.03. The van der Waals surface area contributed by atoms with Crippen LogP contribution in [0.25, 0.3) is 0 Å². The van der Waals surface area contributed by atoms with Gasteiger partial charge in [-0.2, -0.15) is 0 Å². The van der Waals surface area contributed by atoms with Crippen LogP contribution in [0.4, 0.5) is 25.8 Å². The number of hydrogen-bond acceptors (Lipinski definition) is 18. The van der Waals surface area contributed by atoms with Crippen LogP contribution in [-0.4, -0.2) is 194 Å². The number of nitrogens with two attached hydrogens (primary N) is 1. The number of imide groups is 1. The second-order valence-corrected chi connectivity index (χ2v) is 24.9. The van der Waals surface area contributed by atoms with Crippen molar-refractivity contribution in [1.82, 2.24) is 36.0 Å². The second kappa shape index (κ2) is 33.5. The van der Waals surface area contributed by atoms with Gasteiger partial charge in [0.15, 0.2) is 5.72 Å². The van der Waals surface area contributed by atoms with Crippen molar-refractivity contribution in [3.05, 3.63) is 88.5 Å². The summed E-state index contributed by atoms with van der Waals surface area (Å²) in [6.45, 7) is 10.2. The van der Waals surface area contributed by atoms with Gasteiger partial charge in [0.1, 0.15) is 59.4 Å². The lowest BCUT2D eigenvalue weighted by molar-refractivity contribution is -0.162. The highest BCUT2D eigenvalue weighted by molar-refractivity contribution is 6.35. The lowest BCUT2D eigenvalue weighted by Gasteiger charge is -2.42. The summed E-state index contributed by atoms with van der Waals surface area (Å²) in [5.74, 6) is -5.03. The number of ether oxygens (including phenoxy) is 6. The van der Waals surface area contributed by atoms with Crippen LogP contribution in [0.3, 0.4) is 0 Å². The van der Waals surface area contributed by atoms with Gasteiger partial charge in [0.25, 0.3) is 11.8 Å². The van der Waals surface area contributed by atoms with Crippen LogP contribution in [0.1, 0.15) is 110 Å². The molecule has 0 saturated carbocycles. The maximum atomic E-state index is 14.5. The number of benzene rings is 2. The number of nitrogens with one attached hydrogen (secondary N) is 5. The number of urea groups is 1. The molecule has 4 aliphatic heterocycles.